The fourth-order valence-corrected chi connectivity index (χ4v) is 2.44. The summed E-state index contributed by atoms with van der Waals surface area (Å²) in [4.78, 5) is 2.53. The molecule has 0 aliphatic rings. The van der Waals surface area contributed by atoms with Crippen LogP contribution in [0.5, 0.6) is 0 Å². The van der Waals surface area contributed by atoms with Gasteiger partial charge in [0.1, 0.15) is 0 Å². The average molecular weight is 326 g/mol. The molecule has 0 rings (SSSR count). The van der Waals surface area contributed by atoms with Gasteiger partial charge < -0.3 is 4.90 Å². The third-order valence-corrected chi connectivity index (χ3v) is 4.39. The SMILES string of the molecule is C=C(C)CC.CCCCCCCCN(C)CCCCCCCC. The number of hydrogen-bond donors (Lipinski definition) is 0. The van der Waals surface area contributed by atoms with Crippen molar-refractivity contribution in [3.05, 3.63) is 12.2 Å². The molecule has 0 amide bonds. The van der Waals surface area contributed by atoms with E-state index in [9.17, 15) is 0 Å². The topological polar surface area (TPSA) is 3.24 Å². The third kappa shape index (κ3) is 26.9. The van der Waals surface area contributed by atoms with Gasteiger partial charge in [-0.2, -0.15) is 0 Å². The van der Waals surface area contributed by atoms with Crippen LogP contribution in [0.2, 0.25) is 0 Å². The molecule has 0 aliphatic heterocycles. The highest BCUT2D eigenvalue weighted by Gasteiger charge is 1.98. The van der Waals surface area contributed by atoms with Crippen molar-refractivity contribution in [3.63, 3.8) is 0 Å². The van der Waals surface area contributed by atoms with Crippen molar-refractivity contribution in [2.45, 2.75) is 111 Å². The molecule has 0 aromatic carbocycles. The fraction of sp³-hybridized carbons (Fsp3) is 0.909. The molecule has 0 spiro atoms. The van der Waals surface area contributed by atoms with Gasteiger partial charge in [0, 0.05) is 0 Å². The van der Waals surface area contributed by atoms with Crippen molar-refractivity contribution >= 4 is 0 Å². The zero-order valence-electron chi connectivity index (χ0n) is 17.3. The van der Waals surface area contributed by atoms with Crippen LogP contribution in [0.1, 0.15) is 111 Å². The largest absolute Gasteiger partial charge is 0.306 e. The van der Waals surface area contributed by atoms with Crippen LogP contribution in [0.25, 0.3) is 0 Å². The zero-order valence-corrected chi connectivity index (χ0v) is 17.3. The van der Waals surface area contributed by atoms with Crippen molar-refractivity contribution in [1.29, 1.82) is 0 Å². The van der Waals surface area contributed by atoms with Gasteiger partial charge in [-0.15, -0.1) is 6.58 Å². The first-order valence-corrected chi connectivity index (χ1v) is 10.4. The molecule has 0 saturated heterocycles. The summed E-state index contributed by atoms with van der Waals surface area (Å²) in [5.74, 6) is 0. The summed E-state index contributed by atoms with van der Waals surface area (Å²) in [6, 6.07) is 0. The van der Waals surface area contributed by atoms with Gasteiger partial charge in [0.05, 0.1) is 0 Å². The monoisotopic (exact) mass is 325 g/mol. The number of rotatable bonds is 15. The van der Waals surface area contributed by atoms with E-state index >= 15 is 0 Å². The smallest absolute Gasteiger partial charge is 0.00218 e. The van der Waals surface area contributed by atoms with Crippen molar-refractivity contribution < 1.29 is 0 Å². The molecule has 0 saturated carbocycles. The molecule has 0 heterocycles. The Hall–Kier alpha value is -0.300. The lowest BCUT2D eigenvalue weighted by atomic mass is 10.1. The van der Waals surface area contributed by atoms with Gasteiger partial charge in [0.2, 0.25) is 0 Å². The summed E-state index contributed by atoms with van der Waals surface area (Å²) < 4.78 is 0. The van der Waals surface area contributed by atoms with Gasteiger partial charge in [-0.1, -0.05) is 90.6 Å². The molecule has 0 fully saturated rings. The van der Waals surface area contributed by atoms with Crippen LogP contribution >= 0.6 is 0 Å². The average Bonchev–Trinajstić information content (AvgIpc) is 2.54. The molecule has 0 aromatic rings. The minimum atomic E-state index is 1.11. The molecule has 0 N–H and O–H groups in total. The van der Waals surface area contributed by atoms with Gasteiger partial charge in [0.15, 0.2) is 0 Å². The van der Waals surface area contributed by atoms with Crippen LogP contribution in [0.15, 0.2) is 12.2 Å². The predicted molar refractivity (Wildman–Crippen MR) is 109 cm³/mol. The lowest BCUT2D eigenvalue weighted by molar-refractivity contribution is 0.314. The number of nitrogens with zero attached hydrogens (tertiary/aromatic N) is 1. The van der Waals surface area contributed by atoms with Crippen molar-refractivity contribution in [1.82, 2.24) is 4.90 Å². The molecule has 0 aromatic heterocycles. The van der Waals surface area contributed by atoms with E-state index in [1.54, 1.807) is 0 Å². The Morgan fingerprint density at radius 3 is 1.26 bits per heavy atom. The zero-order chi connectivity index (χ0) is 17.8. The molecule has 0 atom stereocenters. The summed E-state index contributed by atoms with van der Waals surface area (Å²) in [6.45, 7) is 15.0. The van der Waals surface area contributed by atoms with Gasteiger partial charge in [-0.25, -0.2) is 0 Å². The number of hydrogen-bond acceptors (Lipinski definition) is 1. The molecular weight excluding hydrogens is 278 g/mol. The fourth-order valence-electron chi connectivity index (χ4n) is 2.44. The van der Waals surface area contributed by atoms with E-state index in [0.29, 0.717) is 0 Å². The standard InChI is InChI=1S/C17H37N.C5H10/c1-4-6-8-10-12-14-16-18(3)17-15-13-11-9-7-5-2;1-4-5(2)3/h4-17H2,1-3H3;2,4H2,1,3H3. The molecule has 140 valence electrons. The highest BCUT2D eigenvalue weighted by atomic mass is 15.1. The molecule has 0 aliphatic carbocycles. The maximum Gasteiger partial charge on any atom is -0.00218 e. The Morgan fingerprint density at radius 1 is 0.652 bits per heavy atom. The van der Waals surface area contributed by atoms with Crippen LogP contribution < -0.4 is 0 Å². The van der Waals surface area contributed by atoms with E-state index in [1.165, 1.54) is 95.7 Å². The Morgan fingerprint density at radius 2 is 0.957 bits per heavy atom. The second-order valence-electron chi connectivity index (χ2n) is 7.15. The summed E-state index contributed by atoms with van der Waals surface area (Å²) in [5.41, 5.74) is 1.25. The van der Waals surface area contributed by atoms with Crippen molar-refractivity contribution in [2.24, 2.45) is 0 Å². The Kier molecular flexibility index (Phi) is 23.5. The van der Waals surface area contributed by atoms with E-state index in [4.69, 9.17) is 0 Å². The molecular formula is C22H47N. The first-order chi connectivity index (χ1) is 11.1. The molecule has 0 radical (unpaired) electrons. The molecule has 1 heteroatoms. The molecule has 23 heavy (non-hydrogen) atoms. The van der Waals surface area contributed by atoms with E-state index in [2.05, 4.69) is 39.3 Å². The lowest BCUT2D eigenvalue weighted by Crippen LogP contribution is -2.20. The minimum Gasteiger partial charge on any atom is -0.306 e. The lowest BCUT2D eigenvalue weighted by Gasteiger charge is -2.16. The molecule has 0 bridgehead atoms. The molecule has 1 nitrogen and oxygen atoms in total. The third-order valence-electron chi connectivity index (χ3n) is 4.39. The Labute approximate surface area is 148 Å². The maximum atomic E-state index is 3.67. The second kappa shape index (κ2) is 21.7. The van der Waals surface area contributed by atoms with Crippen LogP contribution in [0, 0.1) is 0 Å². The van der Waals surface area contributed by atoms with E-state index in [1.807, 2.05) is 6.92 Å². The quantitative estimate of drug-likeness (QED) is 0.221. The highest BCUT2D eigenvalue weighted by molar-refractivity contribution is 4.84. The highest BCUT2D eigenvalue weighted by Crippen LogP contribution is 2.07. The summed E-state index contributed by atoms with van der Waals surface area (Å²) in [5, 5.41) is 0. The number of allylic oxidation sites excluding steroid dienone is 1. The van der Waals surface area contributed by atoms with E-state index < -0.39 is 0 Å². The first-order valence-electron chi connectivity index (χ1n) is 10.4. The predicted octanol–water partition coefficient (Wildman–Crippen LogP) is 7.61. The summed E-state index contributed by atoms with van der Waals surface area (Å²) in [6.07, 6.45) is 18.1. The Bertz CT molecular complexity index is 206. The van der Waals surface area contributed by atoms with Crippen molar-refractivity contribution in [2.75, 3.05) is 20.1 Å². The van der Waals surface area contributed by atoms with Crippen LogP contribution in [-0.2, 0) is 0 Å². The summed E-state index contributed by atoms with van der Waals surface area (Å²) >= 11 is 0. The van der Waals surface area contributed by atoms with Gasteiger partial charge in [0.25, 0.3) is 0 Å². The van der Waals surface area contributed by atoms with Gasteiger partial charge in [-0.05, 0) is 46.3 Å². The van der Waals surface area contributed by atoms with Crippen LogP contribution in [0.3, 0.4) is 0 Å². The first kappa shape index (κ1) is 24.9. The van der Waals surface area contributed by atoms with Crippen LogP contribution in [0.4, 0.5) is 0 Å². The maximum absolute atomic E-state index is 3.67. The van der Waals surface area contributed by atoms with Crippen molar-refractivity contribution in [3.8, 4) is 0 Å². The minimum absolute atomic E-state index is 1.11. The summed E-state index contributed by atoms with van der Waals surface area (Å²) in [7, 11) is 2.29. The van der Waals surface area contributed by atoms with Gasteiger partial charge in [-0.3, -0.25) is 0 Å². The van der Waals surface area contributed by atoms with E-state index in [0.717, 1.165) is 6.42 Å². The van der Waals surface area contributed by atoms with Crippen LogP contribution in [-0.4, -0.2) is 25.0 Å². The molecule has 0 unspecified atom stereocenters. The normalized spacial score (nSPS) is 10.5. The Balaban J connectivity index is 0. The number of unbranched alkanes of at least 4 members (excludes halogenated alkanes) is 10. The van der Waals surface area contributed by atoms with E-state index in [-0.39, 0.29) is 0 Å². The van der Waals surface area contributed by atoms with Gasteiger partial charge >= 0.3 is 0 Å². The second-order valence-corrected chi connectivity index (χ2v) is 7.15.